The number of piperidine rings is 1. The predicted molar refractivity (Wildman–Crippen MR) is 67.2 cm³/mol. The molecule has 1 atom stereocenters. The molecular formula is C13H28N2. The van der Waals surface area contributed by atoms with Crippen molar-refractivity contribution in [3.8, 4) is 0 Å². The van der Waals surface area contributed by atoms with Gasteiger partial charge in [0.05, 0.1) is 0 Å². The molecule has 1 aliphatic heterocycles. The third kappa shape index (κ3) is 5.53. The van der Waals surface area contributed by atoms with Gasteiger partial charge in [-0.1, -0.05) is 27.2 Å². The van der Waals surface area contributed by atoms with Crippen LogP contribution in [0.4, 0.5) is 0 Å². The molecule has 0 aromatic carbocycles. The summed E-state index contributed by atoms with van der Waals surface area (Å²) in [5.41, 5.74) is 0.458. The molecule has 0 radical (unpaired) electrons. The van der Waals surface area contributed by atoms with Gasteiger partial charge in [-0.2, -0.15) is 0 Å². The lowest BCUT2D eigenvalue weighted by molar-refractivity contribution is 0.316. The van der Waals surface area contributed by atoms with Crippen LogP contribution in [0.2, 0.25) is 0 Å². The van der Waals surface area contributed by atoms with Gasteiger partial charge < -0.3 is 10.6 Å². The van der Waals surface area contributed by atoms with Gasteiger partial charge in [-0.05, 0) is 44.2 Å². The Kier molecular flexibility index (Phi) is 5.62. The number of nitrogens with one attached hydrogen (secondary N) is 2. The minimum atomic E-state index is 0.458. The Morgan fingerprint density at radius 2 is 2.13 bits per heavy atom. The molecule has 15 heavy (non-hydrogen) atoms. The van der Waals surface area contributed by atoms with Crippen LogP contribution in [0.25, 0.3) is 0 Å². The lowest BCUT2D eigenvalue weighted by Gasteiger charge is -2.26. The average molecular weight is 212 g/mol. The van der Waals surface area contributed by atoms with E-state index in [4.69, 9.17) is 0 Å². The van der Waals surface area contributed by atoms with Gasteiger partial charge in [0, 0.05) is 12.6 Å². The SMILES string of the molecule is CCC(C)(C)CNCCC1CCCCN1. The molecule has 1 rings (SSSR count). The molecular weight excluding hydrogens is 184 g/mol. The first-order chi connectivity index (χ1) is 7.14. The van der Waals surface area contributed by atoms with Crippen molar-refractivity contribution in [2.45, 2.75) is 58.9 Å². The standard InChI is InChI=1S/C13H28N2/c1-4-13(2,3)11-14-10-8-12-7-5-6-9-15-12/h12,14-15H,4-11H2,1-3H3. The molecule has 0 spiro atoms. The van der Waals surface area contributed by atoms with Gasteiger partial charge in [-0.25, -0.2) is 0 Å². The molecule has 2 nitrogen and oxygen atoms in total. The van der Waals surface area contributed by atoms with E-state index in [0.29, 0.717) is 5.41 Å². The first-order valence-corrected chi connectivity index (χ1v) is 6.58. The lowest BCUT2D eigenvalue weighted by atomic mass is 9.90. The molecule has 0 aromatic heterocycles. The van der Waals surface area contributed by atoms with Gasteiger partial charge in [0.1, 0.15) is 0 Å². The Morgan fingerprint density at radius 1 is 1.33 bits per heavy atom. The summed E-state index contributed by atoms with van der Waals surface area (Å²) in [7, 11) is 0. The van der Waals surface area contributed by atoms with Crippen molar-refractivity contribution in [2.75, 3.05) is 19.6 Å². The van der Waals surface area contributed by atoms with Gasteiger partial charge in [0.2, 0.25) is 0 Å². The van der Waals surface area contributed by atoms with Gasteiger partial charge >= 0.3 is 0 Å². The van der Waals surface area contributed by atoms with Crippen molar-refractivity contribution < 1.29 is 0 Å². The zero-order chi connectivity index (χ0) is 11.1. The normalized spacial score (nSPS) is 23.0. The Bertz CT molecular complexity index is 160. The second-order valence-electron chi connectivity index (χ2n) is 5.63. The molecule has 2 heteroatoms. The largest absolute Gasteiger partial charge is 0.316 e. The Morgan fingerprint density at radius 3 is 2.73 bits per heavy atom. The van der Waals surface area contributed by atoms with Crippen molar-refractivity contribution in [3.63, 3.8) is 0 Å². The molecule has 0 amide bonds. The highest BCUT2D eigenvalue weighted by Crippen LogP contribution is 2.17. The van der Waals surface area contributed by atoms with Gasteiger partial charge in [-0.15, -0.1) is 0 Å². The summed E-state index contributed by atoms with van der Waals surface area (Å²) >= 11 is 0. The van der Waals surface area contributed by atoms with Gasteiger partial charge in [0.25, 0.3) is 0 Å². The number of rotatable bonds is 6. The van der Waals surface area contributed by atoms with Crippen LogP contribution < -0.4 is 10.6 Å². The maximum absolute atomic E-state index is 3.59. The molecule has 1 fully saturated rings. The van der Waals surface area contributed by atoms with Crippen molar-refractivity contribution in [1.29, 1.82) is 0 Å². The molecule has 1 saturated heterocycles. The fourth-order valence-corrected chi connectivity index (χ4v) is 2.00. The Labute approximate surface area is 95.2 Å². The highest BCUT2D eigenvalue weighted by Gasteiger charge is 2.15. The van der Waals surface area contributed by atoms with Crippen LogP contribution in [0, 0.1) is 5.41 Å². The first-order valence-electron chi connectivity index (χ1n) is 6.58. The molecule has 0 aromatic rings. The predicted octanol–water partition coefficient (Wildman–Crippen LogP) is 2.54. The molecule has 1 aliphatic rings. The van der Waals surface area contributed by atoms with Crippen molar-refractivity contribution in [2.24, 2.45) is 5.41 Å². The van der Waals surface area contributed by atoms with Crippen LogP contribution in [-0.2, 0) is 0 Å². The summed E-state index contributed by atoms with van der Waals surface area (Å²) in [6, 6.07) is 0.774. The van der Waals surface area contributed by atoms with E-state index in [2.05, 4.69) is 31.4 Å². The third-order valence-electron chi connectivity index (χ3n) is 3.64. The topological polar surface area (TPSA) is 24.1 Å². The van der Waals surface area contributed by atoms with E-state index in [1.54, 1.807) is 0 Å². The second-order valence-corrected chi connectivity index (χ2v) is 5.63. The molecule has 0 saturated carbocycles. The highest BCUT2D eigenvalue weighted by molar-refractivity contribution is 4.74. The minimum absolute atomic E-state index is 0.458. The quantitative estimate of drug-likeness (QED) is 0.661. The highest BCUT2D eigenvalue weighted by atomic mass is 14.9. The molecule has 0 bridgehead atoms. The first kappa shape index (κ1) is 13.0. The maximum atomic E-state index is 3.59. The summed E-state index contributed by atoms with van der Waals surface area (Å²) < 4.78 is 0. The smallest absolute Gasteiger partial charge is 0.00791 e. The number of hydrogen-bond donors (Lipinski definition) is 2. The van der Waals surface area contributed by atoms with Gasteiger partial charge in [0.15, 0.2) is 0 Å². The van der Waals surface area contributed by atoms with E-state index in [-0.39, 0.29) is 0 Å². The van der Waals surface area contributed by atoms with E-state index in [1.165, 1.54) is 45.2 Å². The fourth-order valence-electron chi connectivity index (χ4n) is 2.00. The van der Waals surface area contributed by atoms with Crippen LogP contribution in [0.3, 0.4) is 0 Å². The third-order valence-corrected chi connectivity index (χ3v) is 3.64. The summed E-state index contributed by atoms with van der Waals surface area (Å²) in [6.45, 7) is 10.5. The summed E-state index contributed by atoms with van der Waals surface area (Å²) in [5, 5.41) is 7.17. The van der Waals surface area contributed by atoms with Crippen LogP contribution in [0.15, 0.2) is 0 Å². The van der Waals surface area contributed by atoms with Crippen molar-refractivity contribution in [3.05, 3.63) is 0 Å². The Hall–Kier alpha value is -0.0800. The minimum Gasteiger partial charge on any atom is -0.316 e. The summed E-state index contributed by atoms with van der Waals surface area (Å²) in [4.78, 5) is 0. The van der Waals surface area contributed by atoms with Gasteiger partial charge in [-0.3, -0.25) is 0 Å². The van der Waals surface area contributed by atoms with E-state index >= 15 is 0 Å². The van der Waals surface area contributed by atoms with E-state index < -0.39 is 0 Å². The molecule has 90 valence electrons. The monoisotopic (exact) mass is 212 g/mol. The van der Waals surface area contributed by atoms with Crippen LogP contribution in [0.5, 0.6) is 0 Å². The van der Waals surface area contributed by atoms with Crippen LogP contribution in [0.1, 0.15) is 52.9 Å². The van der Waals surface area contributed by atoms with E-state index in [0.717, 1.165) is 12.6 Å². The van der Waals surface area contributed by atoms with Crippen molar-refractivity contribution >= 4 is 0 Å². The summed E-state index contributed by atoms with van der Waals surface area (Å²) in [6.07, 6.45) is 6.70. The molecule has 1 heterocycles. The maximum Gasteiger partial charge on any atom is 0.00791 e. The Balaban J connectivity index is 2.00. The zero-order valence-corrected chi connectivity index (χ0v) is 10.7. The fraction of sp³-hybridized carbons (Fsp3) is 1.00. The number of hydrogen-bond acceptors (Lipinski definition) is 2. The van der Waals surface area contributed by atoms with Crippen molar-refractivity contribution in [1.82, 2.24) is 10.6 Å². The molecule has 2 N–H and O–H groups in total. The van der Waals surface area contributed by atoms with E-state index in [9.17, 15) is 0 Å². The average Bonchev–Trinajstić information content (AvgIpc) is 2.26. The van der Waals surface area contributed by atoms with E-state index in [1.807, 2.05) is 0 Å². The lowest BCUT2D eigenvalue weighted by Crippen LogP contribution is -2.38. The van der Waals surface area contributed by atoms with Crippen LogP contribution >= 0.6 is 0 Å². The molecule has 0 aliphatic carbocycles. The van der Waals surface area contributed by atoms with Crippen LogP contribution in [-0.4, -0.2) is 25.7 Å². The second kappa shape index (κ2) is 6.49. The molecule has 1 unspecified atom stereocenters. The zero-order valence-electron chi connectivity index (χ0n) is 10.7. The summed E-state index contributed by atoms with van der Waals surface area (Å²) in [5.74, 6) is 0.